The van der Waals surface area contributed by atoms with Crippen LogP contribution in [0.5, 0.6) is 0 Å². The first kappa shape index (κ1) is 13.3. The summed E-state index contributed by atoms with van der Waals surface area (Å²) >= 11 is 0. The van der Waals surface area contributed by atoms with Crippen molar-refractivity contribution in [2.24, 2.45) is 0 Å². The molecule has 0 saturated heterocycles. The maximum Gasteiger partial charge on any atom is 0.356 e. The number of hydrogen-bond acceptors (Lipinski definition) is 5. The molecule has 2 aromatic rings. The molecule has 1 N–H and O–H groups in total. The van der Waals surface area contributed by atoms with Gasteiger partial charge in [0, 0.05) is 17.3 Å². The number of nitrogens with one attached hydrogen (secondary N) is 1. The molecule has 0 unspecified atom stereocenters. The van der Waals surface area contributed by atoms with Gasteiger partial charge in [0.05, 0.1) is 13.4 Å². The molecule has 0 aliphatic carbocycles. The van der Waals surface area contributed by atoms with Crippen molar-refractivity contribution in [1.29, 1.82) is 0 Å². The zero-order valence-corrected chi connectivity index (χ0v) is 11.2. The molecule has 100 valence electrons. The minimum atomic E-state index is -3.32. The van der Waals surface area contributed by atoms with Crippen LogP contribution < -0.4 is 4.72 Å². The zero-order chi connectivity index (χ0) is 14.0. The molecule has 0 atom stereocenters. The Kier molecular flexibility index (Phi) is 3.39. The highest BCUT2D eigenvalue weighted by Crippen LogP contribution is 2.20. The number of rotatable bonds is 3. The van der Waals surface area contributed by atoms with Crippen LogP contribution in [0.1, 0.15) is 10.5 Å². The van der Waals surface area contributed by atoms with Gasteiger partial charge >= 0.3 is 5.97 Å². The van der Waals surface area contributed by atoms with E-state index in [1.54, 1.807) is 24.3 Å². The Morgan fingerprint density at radius 3 is 2.63 bits per heavy atom. The van der Waals surface area contributed by atoms with Gasteiger partial charge in [0.25, 0.3) is 0 Å². The van der Waals surface area contributed by atoms with E-state index in [-0.39, 0.29) is 5.69 Å². The molecule has 1 heterocycles. The van der Waals surface area contributed by atoms with E-state index >= 15 is 0 Å². The van der Waals surface area contributed by atoms with Gasteiger partial charge in [-0.1, -0.05) is 6.07 Å². The Morgan fingerprint density at radius 2 is 2.00 bits per heavy atom. The number of ether oxygens (including phenoxy) is 1. The van der Waals surface area contributed by atoms with Gasteiger partial charge in [0.1, 0.15) is 5.69 Å². The molecule has 0 fully saturated rings. The highest BCUT2D eigenvalue weighted by atomic mass is 32.2. The van der Waals surface area contributed by atoms with E-state index in [0.29, 0.717) is 5.69 Å². The number of pyridine rings is 1. The molecule has 0 spiro atoms. The average molecular weight is 280 g/mol. The van der Waals surface area contributed by atoms with Crippen LogP contribution in [0.2, 0.25) is 0 Å². The third-order valence-electron chi connectivity index (χ3n) is 2.42. The van der Waals surface area contributed by atoms with Gasteiger partial charge in [-0.3, -0.25) is 4.72 Å². The molecule has 0 amide bonds. The molecule has 19 heavy (non-hydrogen) atoms. The summed E-state index contributed by atoms with van der Waals surface area (Å²) in [5.74, 6) is -0.514. The van der Waals surface area contributed by atoms with E-state index < -0.39 is 16.0 Å². The van der Waals surface area contributed by atoms with Crippen molar-refractivity contribution in [2.45, 2.75) is 0 Å². The van der Waals surface area contributed by atoms with Crippen LogP contribution in [-0.2, 0) is 14.8 Å². The lowest BCUT2D eigenvalue weighted by atomic mass is 10.1. The highest BCUT2D eigenvalue weighted by molar-refractivity contribution is 7.92. The van der Waals surface area contributed by atoms with Crippen molar-refractivity contribution in [3.8, 4) is 0 Å². The van der Waals surface area contributed by atoms with Crippen LogP contribution in [0.25, 0.3) is 10.8 Å². The minimum Gasteiger partial charge on any atom is -0.464 e. The third kappa shape index (κ3) is 3.19. The number of nitrogens with zero attached hydrogens (tertiary/aromatic N) is 1. The molecular formula is C12H12N2O4S. The van der Waals surface area contributed by atoms with E-state index in [1.807, 2.05) is 0 Å². The van der Waals surface area contributed by atoms with Crippen LogP contribution in [0.3, 0.4) is 0 Å². The lowest BCUT2D eigenvalue weighted by Crippen LogP contribution is -2.09. The number of carbonyl (C=O) groups is 1. The number of hydrogen-bond donors (Lipinski definition) is 1. The molecule has 0 aliphatic heterocycles. The Bertz CT molecular complexity index is 740. The lowest BCUT2D eigenvalue weighted by Gasteiger charge is -2.06. The first-order chi connectivity index (χ1) is 8.89. The van der Waals surface area contributed by atoms with Gasteiger partial charge in [-0.05, 0) is 23.6 Å². The maximum atomic E-state index is 11.3. The number of carbonyl (C=O) groups excluding carboxylic acids is 1. The third-order valence-corrected chi connectivity index (χ3v) is 3.03. The molecule has 7 heteroatoms. The summed E-state index contributed by atoms with van der Waals surface area (Å²) in [6.07, 6.45) is 2.57. The van der Waals surface area contributed by atoms with Gasteiger partial charge < -0.3 is 4.74 Å². The number of anilines is 1. The topological polar surface area (TPSA) is 85.4 Å². The fraction of sp³-hybridized carbons (Fsp3) is 0.167. The SMILES string of the molecule is COC(=O)c1cc2ccc(NS(C)(=O)=O)cc2cn1. The number of benzene rings is 1. The molecule has 0 saturated carbocycles. The van der Waals surface area contributed by atoms with Gasteiger partial charge in [0.15, 0.2) is 0 Å². The largest absolute Gasteiger partial charge is 0.464 e. The smallest absolute Gasteiger partial charge is 0.356 e. The summed E-state index contributed by atoms with van der Waals surface area (Å²) in [7, 11) is -2.03. The van der Waals surface area contributed by atoms with Gasteiger partial charge in [0.2, 0.25) is 10.0 Å². The summed E-state index contributed by atoms with van der Waals surface area (Å²) in [4.78, 5) is 15.3. The number of esters is 1. The number of fused-ring (bicyclic) bond motifs is 1. The summed E-state index contributed by atoms with van der Waals surface area (Å²) in [5, 5.41) is 1.50. The van der Waals surface area contributed by atoms with Crippen molar-refractivity contribution in [2.75, 3.05) is 18.1 Å². The van der Waals surface area contributed by atoms with Crippen molar-refractivity contribution in [1.82, 2.24) is 4.98 Å². The summed E-state index contributed by atoms with van der Waals surface area (Å²) in [6.45, 7) is 0. The Labute approximate surface area is 110 Å². The van der Waals surface area contributed by atoms with Crippen molar-refractivity contribution in [3.63, 3.8) is 0 Å². The van der Waals surface area contributed by atoms with Crippen molar-refractivity contribution >= 4 is 32.5 Å². The van der Waals surface area contributed by atoms with E-state index in [9.17, 15) is 13.2 Å². The summed E-state index contributed by atoms with van der Waals surface area (Å²) in [6, 6.07) is 6.55. The first-order valence-electron chi connectivity index (χ1n) is 5.35. The number of sulfonamides is 1. The molecular weight excluding hydrogens is 268 g/mol. The van der Waals surface area contributed by atoms with E-state index in [0.717, 1.165) is 17.0 Å². The Balaban J connectivity index is 2.43. The minimum absolute atomic E-state index is 0.207. The zero-order valence-electron chi connectivity index (χ0n) is 10.4. The van der Waals surface area contributed by atoms with Crippen LogP contribution in [0, 0.1) is 0 Å². The lowest BCUT2D eigenvalue weighted by molar-refractivity contribution is 0.0594. The predicted octanol–water partition coefficient (Wildman–Crippen LogP) is 1.39. The van der Waals surface area contributed by atoms with Gasteiger partial charge in [-0.2, -0.15) is 0 Å². The van der Waals surface area contributed by atoms with E-state index in [1.165, 1.54) is 13.3 Å². The second-order valence-corrected chi connectivity index (χ2v) is 5.75. The van der Waals surface area contributed by atoms with Gasteiger partial charge in [-0.15, -0.1) is 0 Å². The maximum absolute atomic E-state index is 11.3. The molecule has 0 aliphatic rings. The fourth-order valence-electron chi connectivity index (χ4n) is 1.64. The van der Waals surface area contributed by atoms with Crippen LogP contribution in [0.15, 0.2) is 30.5 Å². The standard InChI is InChI=1S/C12H12N2O4S/c1-18-12(15)11-6-8-3-4-10(14-19(2,16)17)5-9(8)7-13-11/h3-7,14H,1-2H3. The molecule has 1 aromatic carbocycles. The van der Waals surface area contributed by atoms with Crippen molar-refractivity contribution < 1.29 is 17.9 Å². The second kappa shape index (κ2) is 4.85. The average Bonchev–Trinajstić information content (AvgIpc) is 2.35. The summed E-state index contributed by atoms with van der Waals surface area (Å²) < 4.78 is 29.2. The monoisotopic (exact) mass is 280 g/mol. The fourth-order valence-corrected chi connectivity index (χ4v) is 2.19. The molecule has 0 bridgehead atoms. The quantitative estimate of drug-likeness (QED) is 0.859. The highest BCUT2D eigenvalue weighted by Gasteiger charge is 2.08. The number of aromatic nitrogens is 1. The van der Waals surface area contributed by atoms with Crippen LogP contribution in [0.4, 0.5) is 5.69 Å². The molecule has 6 nitrogen and oxygen atoms in total. The Morgan fingerprint density at radius 1 is 1.26 bits per heavy atom. The second-order valence-electron chi connectivity index (χ2n) is 4.00. The van der Waals surface area contributed by atoms with Crippen molar-refractivity contribution in [3.05, 3.63) is 36.2 Å². The van der Waals surface area contributed by atoms with Crippen LogP contribution in [-0.4, -0.2) is 32.7 Å². The first-order valence-corrected chi connectivity index (χ1v) is 7.24. The normalized spacial score (nSPS) is 11.3. The van der Waals surface area contributed by atoms with E-state index in [4.69, 9.17) is 0 Å². The molecule has 1 aromatic heterocycles. The Hall–Kier alpha value is -2.15. The summed E-state index contributed by atoms with van der Waals surface area (Å²) in [5.41, 5.74) is 0.654. The molecule has 2 rings (SSSR count). The van der Waals surface area contributed by atoms with Crippen LogP contribution >= 0.6 is 0 Å². The predicted molar refractivity (Wildman–Crippen MR) is 71.5 cm³/mol. The number of methoxy groups -OCH3 is 1. The van der Waals surface area contributed by atoms with Gasteiger partial charge in [-0.25, -0.2) is 18.2 Å². The van der Waals surface area contributed by atoms with E-state index in [2.05, 4.69) is 14.4 Å². The molecule has 0 radical (unpaired) electrons.